The molecule has 3 N–H and O–H groups in total. The summed E-state index contributed by atoms with van der Waals surface area (Å²) in [5.74, 6) is -0.0159. The summed E-state index contributed by atoms with van der Waals surface area (Å²) in [5, 5.41) is 8.49. The second-order valence-electron chi connectivity index (χ2n) is 4.91. The van der Waals surface area contributed by atoms with Gasteiger partial charge in [0.25, 0.3) is 0 Å². The van der Waals surface area contributed by atoms with Gasteiger partial charge in [-0.2, -0.15) is 0 Å². The number of carbonyl (C=O) groups is 2. The monoisotopic (exact) mass is 227 g/mol. The molecule has 0 heterocycles. The Morgan fingerprint density at radius 3 is 2.44 bits per heavy atom. The maximum Gasteiger partial charge on any atom is 0.234 e. The van der Waals surface area contributed by atoms with Gasteiger partial charge in [-0.1, -0.05) is 0 Å². The fraction of sp³-hybridized carbons (Fsp3) is 0.818. The van der Waals surface area contributed by atoms with Crippen LogP contribution in [0.3, 0.4) is 0 Å². The van der Waals surface area contributed by atoms with Crippen LogP contribution < -0.4 is 16.0 Å². The Labute approximate surface area is 96.4 Å². The third-order valence-corrected chi connectivity index (χ3v) is 2.64. The van der Waals surface area contributed by atoms with E-state index < -0.39 is 5.41 Å². The van der Waals surface area contributed by atoms with Gasteiger partial charge in [-0.05, 0) is 26.7 Å². The van der Waals surface area contributed by atoms with E-state index in [-0.39, 0.29) is 18.4 Å². The zero-order valence-corrected chi connectivity index (χ0v) is 10.2. The highest BCUT2D eigenvalue weighted by atomic mass is 16.2. The van der Waals surface area contributed by atoms with Crippen LogP contribution in [0.25, 0.3) is 0 Å². The molecule has 0 atom stereocenters. The molecule has 0 bridgehead atoms. The van der Waals surface area contributed by atoms with Crippen LogP contribution in [0.2, 0.25) is 0 Å². The van der Waals surface area contributed by atoms with E-state index in [0.717, 1.165) is 12.8 Å². The van der Waals surface area contributed by atoms with E-state index in [1.54, 1.807) is 7.05 Å². The normalized spacial score (nSPS) is 15.7. The highest BCUT2D eigenvalue weighted by molar-refractivity contribution is 5.82. The van der Waals surface area contributed by atoms with Crippen LogP contribution in [-0.4, -0.2) is 38.0 Å². The molecule has 1 aliphatic carbocycles. The van der Waals surface area contributed by atoms with Gasteiger partial charge in [-0.15, -0.1) is 0 Å². The van der Waals surface area contributed by atoms with Crippen LogP contribution >= 0.6 is 0 Å². The molecule has 0 aromatic carbocycles. The third-order valence-electron chi connectivity index (χ3n) is 2.64. The summed E-state index contributed by atoms with van der Waals surface area (Å²) in [6.07, 6.45) is 2.19. The fourth-order valence-corrected chi connectivity index (χ4v) is 1.41. The predicted octanol–water partition coefficient (Wildman–Crippen LogP) is -0.373. The molecule has 0 aliphatic heterocycles. The molecule has 1 rings (SSSR count). The van der Waals surface area contributed by atoms with Crippen LogP contribution in [0.5, 0.6) is 0 Å². The Kier molecular flexibility index (Phi) is 4.29. The Morgan fingerprint density at radius 2 is 1.94 bits per heavy atom. The van der Waals surface area contributed by atoms with Gasteiger partial charge in [0.05, 0.1) is 12.0 Å². The molecule has 0 unspecified atom stereocenters. The molecule has 0 aromatic heterocycles. The second kappa shape index (κ2) is 5.30. The highest BCUT2D eigenvalue weighted by Crippen LogP contribution is 2.18. The fourth-order valence-electron chi connectivity index (χ4n) is 1.41. The largest absolute Gasteiger partial charge is 0.359 e. The summed E-state index contributed by atoms with van der Waals surface area (Å²) < 4.78 is 0. The molecule has 0 aromatic rings. The molecule has 16 heavy (non-hydrogen) atoms. The first-order chi connectivity index (χ1) is 7.45. The van der Waals surface area contributed by atoms with E-state index in [0.29, 0.717) is 12.6 Å². The maximum atomic E-state index is 11.4. The number of hydrogen-bond acceptors (Lipinski definition) is 3. The summed E-state index contributed by atoms with van der Waals surface area (Å²) in [7, 11) is 1.61. The molecule has 1 saturated carbocycles. The summed E-state index contributed by atoms with van der Waals surface area (Å²) in [6, 6.07) is 0.390. The predicted molar refractivity (Wildman–Crippen MR) is 61.9 cm³/mol. The van der Waals surface area contributed by atoms with Crippen LogP contribution in [0.1, 0.15) is 26.7 Å². The second-order valence-corrected chi connectivity index (χ2v) is 4.91. The van der Waals surface area contributed by atoms with Gasteiger partial charge in [0, 0.05) is 19.6 Å². The van der Waals surface area contributed by atoms with Gasteiger partial charge in [0.2, 0.25) is 11.8 Å². The first-order valence-corrected chi connectivity index (χ1v) is 5.68. The highest BCUT2D eigenvalue weighted by Gasteiger charge is 2.27. The van der Waals surface area contributed by atoms with Gasteiger partial charge in [0.1, 0.15) is 0 Å². The molecular weight excluding hydrogens is 206 g/mol. The standard InChI is InChI=1S/C11H21N3O2/c1-11(2,10(16)12-3)7-13-6-9(15)14-8-4-5-8/h8,13H,4-7H2,1-3H3,(H,12,16)(H,14,15). The van der Waals surface area contributed by atoms with E-state index >= 15 is 0 Å². The molecule has 0 saturated heterocycles. The zero-order chi connectivity index (χ0) is 12.2. The van der Waals surface area contributed by atoms with E-state index in [9.17, 15) is 9.59 Å². The van der Waals surface area contributed by atoms with Crippen molar-refractivity contribution in [3.05, 3.63) is 0 Å². The minimum atomic E-state index is -0.491. The van der Waals surface area contributed by atoms with Gasteiger partial charge >= 0.3 is 0 Å². The van der Waals surface area contributed by atoms with Crippen LogP contribution in [-0.2, 0) is 9.59 Å². The van der Waals surface area contributed by atoms with Crippen LogP contribution in [0, 0.1) is 5.41 Å². The van der Waals surface area contributed by atoms with E-state index in [2.05, 4.69) is 16.0 Å². The zero-order valence-electron chi connectivity index (χ0n) is 10.2. The molecule has 2 amide bonds. The first kappa shape index (κ1) is 13.0. The summed E-state index contributed by atoms with van der Waals surface area (Å²) >= 11 is 0. The Morgan fingerprint density at radius 1 is 1.31 bits per heavy atom. The summed E-state index contributed by atoms with van der Waals surface area (Å²) in [4.78, 5) is 22.8. The number of nitrogens with one attached hydrogen (secondary N) is 3. The van der Waals surface area contributed by atoms with Gasteiger partial charge < -0.3 is 16.0 Å². The number of rotatable bonds is 6. The topological polar surface area (TPSA) is 70.2 Å². The van der Waals surface area contributed by atoms with Crippen molar-refractivity contribution >= 4 is 11.8 Å². The lowest BCUT2D eigenvalue weighted by Crippen LogP contribution is -2.44. The minimum Gasteiger partial charge on any atom is -0.359 e. The molecular formula is C11H21N3O2. The SMILES string of the molecule is CNC(=O)C(C)(C)CNCC(=O)NC1CC1. The number of hydrogen-bond donors (Lipinski definition) is 3. The van der Waals surface area contributed by atoms with E-state index in [4.69, 9.17) is 0 Å². The minimum absolute atomic E-state index is 0.00945. The van der Waals surface area contributed by atoms with Gasteiger partial charge in [0.15, 0.2) is 0 Å². The molecule has 5 heteroatoms. The number of carbonyl (C=O) groups excluding carboxylic acids is 2. The average molecular weight is 227 g/mol. The van der Waals surface area contributed by atoms with Crippen molar-refractivity contribution in [3.8, 4) is 0 Å². The molecule has 1 aliphatic rings. The van der Waals surface area contributed by atoms with Crippen molar-refractivity contribution in [1.29, 1.82) is 0 Å². The lowest BCUT2D eigenvalue weighted by atomic mass is 9.92. The van der Waals surface area contributed by atoms with E-state index in [1.165, 1.54) is 0 Å². The Hall–Kier alpha value is -1.10. The van der Waals surface area contributed by atoms with Crippen LogP contribution in [0.15, 0.2) is 0 Å². The molecule has 5 nitrogen and oxygen atoms in total. The third kappa shape index (κ3) is 4.18. The Balaban J connectivity index is 2.17. The molecule has 1 fully saturated rings. The van der Waals surface area contributed by atoms with Crippen molar-refractivity contribution in [3.63, 3.8) is 0 Å². The lowest BCUT2D eigenvalue weighted by Gasteiger charge is -2.22. The molecule has 92 valence electrons. The van der Waals surface area contributed by atoms with Crippen molar-refractivity contribution in [2.24, 2.45) is 5.41 Å². The summed E-state index contributed by atoms with van der Waals surface area (Å²) in [6.45, 7) is 4.46. The van der Waals surface area contributed by atoms with Crippen molar-refractivity contribution in [2.75, 3.05) is 20.1 Å². The van der Waals surface area contributed by atoms with E-state index in [1.807, 2.05) is 13.8 Å². The van der Waals surface area contributed by atoms with Crippen LogP contribution in [0.4, 0.5) is 0 Å². The number of amides is 2. The summed E-state index contributed by atoms with van der Waals surface area (Å²) in [5.41, 5.74) is -0.491. The maximum absolute atomic E-state index is 11.4. The average Bonchev–Trinajstić information content (AvgIpc) is 3.00. The Bertz CT molecular complexity index is 272. The molecule has 0 spiro atoms. The smallest absolute Gasteiger partial charge is 0.234 e. The molecule has 0 radical (unpaired) electrons. The van der Waals surface area contributed by atoms with Crippen molar-refractivity contribution in [1.82, 2.24) is 16.0 Å². The first-order valence-electron chi connectivity index (χ1n) is 5.68. The van der Waals surface area contributed by atoms with Gasteiger partial charge in [-0.25, -0.2) is 0 Å². The van der Waals surface area contributed by atoms with Gasteiger partial charge in [-0.3, -0.25) is 9.59 Å². The quantitative estimate of drug-likeness (QED) is 0.579. The lowest BCUT2D eigenvalue weighted by molar-refractivity contribution is -0.129. The van der Waals surface area contributed by atoms with Crippen molar-refractivity contribution in [2.45, 2.75) is 32.7 Å². The van der Waals surface area contributed by atoms with Crippen molar-refractivity contribution < 1.29 is 9.59 Å².